The number of benzene rings is 1. The molecule has 1 heterocycles. The van der Waals surface area contributed by atoms with Crippen LogP contribution < -0.4 is 15.8 Å². The van der Waals surface area contributed by atoms with Crippen molar-refractivity contribution in [3.63, 3.8) is 0 Å². The van der Waals surface area contributed by atoms with Crippen LogP contribution in [-0.2, 0) is 24.3 Å². The Morgan fingerprint density at radius 3 is 2.46 bits per heavy atom. The summed E-state index contributed by atoms with van der Waals surface area (Å²) in [6, 6.07) is 7.71. The number of nitrogens with two attached hydrogens (primary N) is 1. The molecule has 0 aliphatic carbocycles. The zero-order chi connectivity index (χ0) is 20.9. The molecule has 9 nitrogen and oxygen atoms in total. The maximum atomic E-state index is 12.2. The lowest BCUT2D eigenvalue weighted by Gasteiger charge is -2.17. The smallest absolute Gasteiger partial charge is 0.329 e. The van der Waals surface area contributed by atoms with Gasteiger partial charge in [0.25, 0.3) is 11.8 Å². The van der Waals surface area contributed by atoms with Crippen LogP contribution in [-0.4, -0.2) is 38.3 Å². The van der Waals surface area contributed by atoms with E-state index in [0.717, 1.165) is 0 Å². The van der Waals surface area contributed by atoms with Gasteiger partial charge in [0, 0.05) is 5.69 Å². The molecule has 0 aliphatic rings. The molecule has 0 saturated carbocycles. The largest absolute Gasteiger partial charge is 0.451 e. The topological polar surface area (TPSA) is 145 Å². The fraction of sp³-hybridized carbons (Fsp3) is 0.235. The lowest BCUT2D eigenvalue weighted by Crippen LogP contribution is -2.42. The van der Waals surface area contributed by atoms with Gasteiger partial charge >= 0.3 is 5.97 Å². The Kier molecular flexibility index (Phi) is 6.89. The number of carbonyl (C=O) groups excluding carboxylic acids is 3. The van der Waals surface area contributed by atoms with E-state index in [9.17, 15) is 22.8 Å². The lowest BCUT2D eigenvalue weighted by molar-refractivity contribution is -0.154. The molecule has 4 N–H and O–H groups in total. The molecule has 11 heteroatoms. The number of sulfonamides is 1. The van der Waals surface area contributed by atoms with Crippen molar-refractivity contribution in [1.29, 1.82) is 0 Å². The average molecular weight is 425 g/mol. The summed E-state index contributed by atoms with van der Waals surface area (Å²) in [6.45, 7) is 2.79. The second kappa shape index (κ2) is 8.95. The number of carbonyl (C=O) groups is 3. The van der Waals surface area contributed by atoms with Gasteiger partial charge in [-0.3, -0.25) is 9.59 Å². The van der Waals surface area contributed by atoms with E-state index in [0.29, 0.717) is 4.88 Å². The molecule has 0 bridgehead atoms. The van der Waals surface area contributed by atoms with E-state index >= 15 is 0 Å². The van der Waals surface area contributed by atoms with Crippen molar-refractivity contribution in [2.24, 2.45) is 5.14 Å². The normalized spacial score (nSPS) is 13.2. The predicted octanol–water partition coefficient (Wildman–Crippen LogP) is 1.08. The van der Waals surface area contributed by atoms with Gasteiger partial charge in [0.15, 0.2) is 6.10 Å². The van der Waals surface area contributed by atoms with Crippen LogP contribution in [0, 0.1) is 0 Å². The fourth-order valence-corrected chi connectivity index (χ4v) is 3.25. The van der Waals surface area contributed by atoms with Gasteiger partial charge in [-0.15, -0.1) is 11.3 Å². The molecular formula is C17H19N3O6S2. The first-order valence-electron chi connectivity index (χ1n) is 8.06. The molecule has 0 radical (unpaired) electrons. The summed E-state index contributed by atoms with van der Waals surface area (Å²) in [6.07, 6.45) is -1.17. The Hall–Kier alpha value is -2.76. The molecule has 0 aliphatic heterocycles. The van der Waals surface area contributed by atoms with Crippen molar-refractivity contribution >= 4 is 44.8 Å². The van der Waals surface area contributed by atoms with Gasteiger partial charge in [-0.1, -0.05) is 12.1 Å². The third-order valence-corrected chi connectivity index (χ3v) is 5.32. The third-order valence-electron chi connectivity index (χ3n) is 3.54. The van der Waals surface area contributed by atoms with Crippen molar-refractivity contribution in [2.75, 3.05) is 5.32 Å². The molecule has 1 aromatic carbocycles. The molecular weight excluding hydrogens is 406 g/mol. The van der Waals surface area contributed by atoms with Crippen molar-refractivity contribution < 1.29 is 27.5 Å². The van der Waals surface area contributed by atoms with E-state index in [1.807, 2.05) is 0 Å². The summed E-state index contributed by atoms with van der Waals surface area (Å²) in [5.74, 6) is -1.88. The summed E-state index contributed by atoms with van der Waals surface area (Å²) in [5.41, 5.74) is 0.179. The number of amides is 2. The minimum absolute atomic E-state index is 0.167. The summed E-state index contributed by atoms with van der Waals surface area (Å²) in [5, 5.41) is 11.7. The Balaban J connectivity index is 1.92. The number of thiophene rings is 1. The number of nitrogens with one attached hydrogen (secondary N) is 2. The highest BCUT2D eigenvalue weighted by atomic mass is 32.2. The zero-order valence-electron chi connectivity index (χ0n) is 15.0. The van der Waals surface area contributed by atoms with Gasteiger partial charge in [0.1, 0.15) is 6.04 Å². The molecule has 2 amide bonds. The second-order valence-electron chi connectivity index (χ2n) is 5.81. The average Bonchev–Trinajstić information content (AvgIpc) is 3.15. The van der Waals surface area contributed by atoms with Crippen molar-refractivity contribution in [3.05, 3.63) is 46.7 Å². The quantitative estimate of drug-likeness (QED) is 0.566. The van der Waals surface area contributed by atoms with Gasteiger partial charge in [-0.05, 0) is 43.5 Å². The van der Waals surface area contributed by atoms with Crippen LogP contribution in [0.3, 0.4) is 0 Å². The summed E-state index contributed by atoms with van der Waals surface area (Å²) in [4.78, 5) is 36.5. The van der Waals surface area contributed by atoms with Gasteiger partial charge in [0.2, 0.25) is 10.0 Å². The van der Waals surface area contributed by atoms with E-state index in [1.165, 1.54) is 49.4 Å². The minimum Gasteiger partial charge on any atom is -0.451 e. The van der Waals surface area contributed by atoms with Crippen LogP contribution in [0.5, 0.6) is 0 Å². The Morgan fingerprint density at radius 2 is 1.86 bits per heavy atom. The first kappa shape index (κ1) is 21.5. The highest BCUT2D eigenvalue weighted by molar-refractivity contribution is 7.89. The first-order chi connectivity index (χ1) is 13.1. The van der Waals surface area contributed by atoms with E-state index in [-0.39, 0.29) is 10.6 Å². The minimum atomic E-state index is -3.92. The molecule has 0 saturated heterocycles. The number of hydrogen-bond donors (Lipinski definition) is 3. The Labute approximate surface area is 165 Å². The summed E-state index contributed by atoms with van der Waals surface area (Å²) in [7, 11) is -3.92. The molecule has 0 fully saturated rings. The number of primary sulfonamides is 1. The van der Waals surface area contributed by atoms with E-state index in [1.54, 1.807) is 17.5 Å². The van der Waals surface area contributed by atoms with Crippen molar-refractivity contribution in [1.82, 2.24) is 5.32 Å². The molecule has 2 rings (SSSR count). The van der Waals surface area contributed by atoms with Crippen LogP contribution >= 0.6 is 11.3 Å². The molecule has 2 atom stereocenters. The van der Waals surface area contributed by atoms with Gasteiger partial charge in [-0.2, -0.15) is 0 Å². The third kappa shape index (κ3) is 5.87. The molecule has 2 unspecified atom stereocenters. The number of anilines is 1. The van der Waals surface area contributed by atoms with E-state index in [4.69, 9.17) is 9.88 Å². The van der Waals surface area contributed by atoms with Gasteiger partial charge in [0.05, 0.1) is 9.77 Å². The summed E-state index contributed by atoms with van der Waals surface area (Å²) < 4.78 is 27.8. The van der Waals surface area contributed by atoms with Crippen LogP contribution in [0.4, 0.5) is 5.69 Å². The molecule has 28 heavy (non-hydrogen) atoms. The number of ether oxygens (including phenoxy) is 1. The first-order valence-corrected chi connectivity index (χ1v) is 10.5. The predicted molar refractivity (Wildman–Crippen MR) is 103 cm³/mol. The van der Waals surface area contributed by atoms with Crippen molar-refractivity contribution in [2.45, 2.75) is 30.9 Å². The summed E-state index contributed by atoms with van der Waals surface area (Å²) >= 11 is 1.23. The lowest BCUT2D eigenvalue weighted by atomic mass is 10.3. The monoisotopic (exact) mass is 425 g/mol. The maximum Gasteiger partial charge on any atom is 0.329 e. The highest BCUT2D eigenvalue weighted by Crippen LogP contribution is 2.15. The number of esters is 1. The molecule has 2 aromatic rings. The van der Waals surface area contributed by atoms with E-state index < -0.39 is 40.0 Å². The molecule has 150 valence electrons. The van der Waals surface area contributed by atoms with Crippen LogP contribution in [0.2, 0.25) is 0 Å². The van der Waals surface area contributed by atoms with Gasteiger partial charge in [-0.25, -0.2) is 18.4 Å². The zero-order valence-corrected chi connectivity index (χ0v) is 16.7. The van der Waals surface area contributed by atoms with Gasteiger partial charge < -0.3 is 15.4 Å². The van der Waals surface area contributed by atoms with Crippen molar-refractivity contribution in [3.8, 4) is 0 Å². The molecule has 1 aromatic heterocycles. The SMILES string of the molecule is CC(NC(=O)c1cccs1)C(=O)OC(C)C(=O)Nc1cccc(S(N)(=O)=O)c1. The standard InChI is InChI=1S/C17H19N3O6S2/c1-10(19-16(22)14-7-4-8-27-14)17(23)26-11(2)15(21)20-12-5-3-6-13(9-12)28(18,24)25/h3-11H,1-2H3,(H,19,22)(H,20,21)(H2,18,24,25). The molecule has 0 spiro atoms. The fourth-order valence-electron chi connectivity index (χ4n) is 2.06. The Bertz CT molecular complexity index is 973. The van der Waals surface area contributed by atoms with Crippen LogP contribution in [0.15, 0.2) is 46.7 Å². The highest BCUT2D eigenvalue weighted by Gasteiger charge is 2.24. The Morgan fingerprint density at radius 1 is 1.14 bits per heavy atom. The van der Waals surface area contributed by atoms with E-state index in [2.05, 4.69) is 10.6 Å². The van der Waals surface area contributed by atoms with Crippen LogP contribution in [0.25, 0.3) is 0 Å². The van der Waals surface area contributed by atoms with Crippen LogP contribution in [0.1, 0.15) is 23.5 Å². The number of hydrogen-bond acceptors (Lipinski definition) is 7. The number of rotatable bonds is 7. The second-order valence-corrected chi connectivity index (χ2v) is 8.32. The maximum absolute atomic E-state index is 12.2.